The van der Waals surface area contributed by atoms with Crippen LogP contribution < -0.4 is 15.0 Å². The van der Waals surface area contributed by atoms with Gasteiger partial charge in [0.15, 0.2) is 0 Å². The van der Waals surface area contributed by atoms with E-state index >= 15 is 0 Å². The number of halogens is 3. The van der Waals surface area contributed by atoms with E-state index in [2.05, 4.69) is 27.9 Å². The van der Waals surface area contributed by atoms with Crippen LogP contribution in [0.4, 0.5) is 10.5 Å². The van der Waals surface area contributed by atoms with Gasteiger partial charge in [0.2, 0.25) is 0 Å². The minimum Gasteiger partial charge on any atom is -0.488 e. The first-order chi connectivity index (χ1) is 16.6. The summed E-state index contributed by atoms with van der Waals surface area (Å²) in [5.74, 6) is -0.794. The zero-order valence-corrected chi connectivity index (χ0v) is 22.4. The van der Waals surface area contributed by atoms with Gasteiger partial charge in [0.05, 0.1) is 19.3 Å². The topological polar surface area (TPSA) is 75.7 Å². The number of nitrogens with zero attached hydrogens (tertiary/aromatic N) is 1. The third-order valence-corrected chi connectivity index (χ3v) is 7.08. The SMILES string of the molecule is Cc1ccc(N2C(=O)NC(=O)/C(=C\c3ccc(OCc4ccc(Cl)c(Cl)c4)c(I)c3)C2=O)cc1C. The quantitative estimate of drug-likeness (QED) is 0.202. The number of anilines is 1. The number of carbonyl (C=O) groups is 3. The molecule has 1 heterocycles. The second kappa shape index (κ2) is 10.4. The molecule has 1 aliphatic rings. The van der Waals surface area contributed by atoms with E-state index in [1.807, 2.05) is 26.0 Å². The van der Waals surface area contributed by atoms with Gasteiger partial charge < -0.3 is 4.74 Å². The molecule has 0 radical (unpaired) electrons. The van der Waals surface area contributed by atoms with Crippen molar-refractivity contribution >= 4 is 75.4 Å². The Balaban J connectivity index is 1.56. The van der Waals surface area contributed by atoms with E-state index in [1.54, 1.807) is 42.5 Å². The summed E-state index contributed by atoms with van der Waals surface area (Å²) in [4.78, 5) is 39.0. The molecule has 1 saturated heterocycles. The number of nitrogens with one attached hydrogen (secondary N) is 1. The maximum atomic E-state index is 13.1. The van der Waals surface area contributed by atoms with E-state index in [1.165, 1.54) is 6.08 Å². The molecular formula is C26H19Cl2IN2O4. The Hall–Kier alpha value is -2.88. The van der Waals surface area contributed by atoms with Crippen molar-refractivity contribution in [3.8, 4) is 5.75 Å². The standard InChI is InChI=1S/C26H19Cl2IN2O4/c1-14-3-6-18(9-15(14)2)31-25(33)19(24(32)30-26(31)34)10-16-5-8-23(22(29)12-16)35-13-17-4-7-20(27)21(28)11-17/h3-12H,13H2,1-2H3,(H,30,32,34)/b19-10+. The van der Waals surface area contributed by atoms with Crippen molar-refractivity contribution in [2.75, 3.05) is 4.90 Å². The summed E-state index contributed by atoms with van der Waals surface area (Å²) < 4.78 is 6.67. The summed E-state index contributed by atoms with van der Waals surface area (Å²) in [5.41, 5.74) is 3.70. The molecule has 0 saturated carbocycles. The minimum atomic E-state index is -0.777. The average molecular weight is 621 g/mol. The van der Waals surface area contributed by atoms with Gasteiger partial charge in [-0.3, -0.25) is 14.9 Å². The van der Waals surface area contributed by atoms with Crippen LogP contribution in [0, 0.1) is 17.4 Å². The van der Waals surface area contributed by atoms with Gasteiger partial charge in [-0.15, -0.1) is 0 Å². The summed E-state index contributed by atoms with van der Waals surface area (Å²) in [5, 5.41) is 3.17. The van der Waals surface area contributed by atoms with Gasteiger partial charge in [0, 0.05) is 0 Å². The number of urea groups is 1. The van der Waals surface area contributed by atoms with Crippen LogP contribution in [0.25, 0.3) is 6.08 Å². The maximum absolute atomic E-state index is 13.1. The van der Waals surface area contributed by atoms with Crippen molar-refractivity contribution in [2.45, 2.75) is 20.5 Å². The molecule has 9 heteroatoms. The molecule has 3 aromatic carbocycles. The van der Waals surface area contributed by atoms with E-state index in [9.17, 15) is 14.4 Å². The number of carbonyl (C=O) groups excluding carboxylic acids is 3. The number of imide groups is 2. The summed E-state index contributed by atoms with van der Waals surface area (Å²) in [7, 11) is 0. The monoisotopic (exact) mass is 620 g/mol. The molecule has 178 valence electrons. The van der Waals surface area contributed by atoms with E-state index < -0.39 is 17.8 Å². The molecule has 0 aromatic heterocycles. The van der Waals surface area contributed by atoms with Crippen LogP contribution in [-0.2, 0) is 16.2 Å². The number of rotatable bonds is 5. The number of hydrogen-bond acceptors (Lipinski definition) is 4. The lowest BCUT2D eigenvalue weighted by Gasteiger charge is -2.26. The van der Waals surface area contributed by atoms with Gasteiger partial charge >= 0.3 is 6.03 Å². The highest BCUT2D eigenvalue weighted by molar-refractivity contribution is 14.1. The van der Waals surface area contributed by atoms with Gasteiger partial charge in [0.1, 0.15) is 17.9 Å². The molecule has 3 aromatic rings. The number of hydrogen-bond donors (Lipinski definition) is 1. The van der Waals surface area contributed by atoms with E-state index in [0.717, 1.165) is 25.2 Å². The van der Waals surface area contributed by atoms with Crippen LogP contribution in [0.15, 0.2) is 60.2 Å². The highest BCUT2D eigenvalue weighted by Crippen LogP contribution is 2.28. The van der Waals surface area contributed by atoms with Crippen LogP contribution in [0.1, 0.15) is 22.3 Å². The number of barbiturate groups is 1. The lowest BCUT2D eigenvalue weighted by Crippen LogP contribution is -2.54. The molecule has 1 aliphatic heterocycles. The number of aryl methyl sites for hydroxylation is 2. The predicted octanol–water partition coefficient (Wildman–Crippen LogP) is 6.46. The summed E-state index contributed by atoms with van der Waals surface area (Å²) in [6.07, 6.45) is 1.46. The van der Waals surface area contributed by atoms with Crippen LogP contribution in [0.5, 0.6) is 5.75 Å². The third-order valence-electron chi connectivity index (χ3n) is 5.50. The molecule has 0 spiro atoms. The molecule has 1 fully saturated rings. The molecule has 0 unspecified atom stereocenters. The average Bonchev–Trinajstić information content (AvgIpc) is 2.80. The summed E-state index contributed by atoms with van der Waals surface area (Å²) in [6, 6.07) is 15.0. The number of benzene rings is 3. The van der Waals surface area contributed by atoms with Crippen molar-refractivity contribution in [1.29, 1.82) is 0 Å². The van der Waals surface area contributed by atoms with Crippen molar-refractivity contribution in [2.24, 2.45) is 0 Å². The van der Waals surface area contributed by atoms with Gasteiger partial charge in [-0.2, -0.15) is 0 Å². The van der Waals surface area contributed by atoms with Crippen molar-refractivity contribution in [1.82, 2.24) is 5.32 Å². The fourth-order valence-corrected chi connectivity index (χ4v) is 4.45. The molecule has 35 heavy (non-hydrogen) atoms. The third kappa shape index (κ3) is 5.52. The lowest BCUT2D eigenvalue weighted by atomic mass is 10.1. The molecule has 0 atom stereocenters. The molecular weight excluding hydrogens is 602 g/mol. The van der Waals surface area contributed by atoms with E-state index in [-0.39, 0.29) is 5.57 Å². The Morgan fingerprint density at radius 1 is 0.943 bits per heavy atom. The zero-order chi connectivity index (χ0) is 25.3. The normalized spacial score (nSPS) is 14.9. The molecule has 0 bridgehead atoms. The van der Waals surface area contributed by atoms with Crippen LogP contribution in [0.2, 0.25) is 10.0 Å². The molecule has 4 rings (SSSR count). The van der Waals surface area contributed by atoms with Crippen molar-refractivity contribution in [3.63, 3.8) is 0 Å². The minimum absolute atomic E-state index is 0.136. The lowest BCUT2D eigenvalue weighted by molar-refractivity contribution is -0.122. The second-order valence-electron chi connectivity index (χ2n) is 7.95. The van der Waals surface area contributed by atoms with Gasteiger partial charge in [0.25, 0.3) is 11.8 Å². The van der Waals surface area contributed by atoms with Crippen molar-refractivity contribution < 1.29 is 19.1 Å². The van der Waals surface area contributed by atoms with E-state index in [0.29, 0.717) is 33.7 Å². The second-order valence-corrected chi connectivity index (χ2v) is 9.93. The predicted molar refractivity (Wildman–Crippen MR) is 145 cm³/mol. The smallest absolute Gasteiger partial charge is 0.335 e. The first-order valence-electron chi connectivity index (χ1n) is 10.5. The van der Waals surface area contributed by atoms with Crippen LogP contribution in [0.3, 0.4) is 0 Å². The molecule has 6 nitrogen and oxygen atoms in total. The first-order valence-corrected chi connectivity index (χ1v) is 12.3. The Labute approximate surface area is 226 Å². The van der Waals surface area contributed by atoms with E-state index in [4.69, 9.17) is 27.9 Å². The fourth-order valence-electron chi connectivity index (χ4n) is 3.44. The Morgan fingerprint density at radius 3 is 2.40 bits per heavy atom. The Morgan fingerprint density at radius 2 is 1.71 bits per heavy atom. The van der Waals surface area contributed by atoms with Crippen LogP contribution in [-0.4, -0.2) is 17.8 Å². The van der Waals surface area contributed by atoms with Gasteiger partial charge in [-0.1, -0.05) is 41.4 Å². The fraction of sp³-hybridized carbons (Fsp3) is 0.115. The first kappa shape index (κ1) is 25.2. The maximum Gasteiger partial charge on any atom is 0.335 e. The zero-order valence-electron chi connectivity index (χ0n) is 18.7. The Kier molecular flexibility index (Phi) is 7.49. The van der Waals surface area contributed by atoms with Crippen LogP contribution >= 0.6 is 45.8 Å². The summed E-state index contributed by atoms with van der Waals surface area (Å²) >= 11 is 14.1. The van der Waals surface area contributed by atoms with Gasteiger partial charge in [-0.05, 0) is 101 Å². The van der Waals surface area contributed by atoms with Gasteiger partial charge in [-0.25, -0.2) is 9.69 Å². The molecule has 4 amide bonds. The molecule has 1 N–H and O–H groups in total. The molecule has 0 aliphatic carbocycles. The highest BCUT2D eigenvalue weighted by Gasteiger charge is 2.36. The number of ether oxygens (including phenoxy) is 1. The Bertz CT molecular complexity index is 1400. The van der Waals surface area contributed by atoms with Crippen molar-refractivity contribution in [3.05, 3.63) is 96.0 Å². The summed E-state index contributed by atoms with van der Waals surface area (Å²) in [6.45, 7) is 4.12. The highest BCUT2D eigenvalue weighted by atomic mass is 127. The number of amides is 4. The largest absolute Gasteiger partial charge is 0.488 e.